The van der Waals surface area contributed by atoms with Crippen molar-refractivity contribution in [3.05, 3.63) is 29.6 Å². The fourth-order valence-corrected chi connectivity index (χ4v) is 4.01. The summed E-state index contributed by atoms with van der Waals surface area (Å²) in [6.07, 6.45) is 7.58. The first-order valence-corrected chi connectivity index (χ1v) is 7.28. The molecule has 2 aliphatic carbocycles. The van der Waals surface area contributed by atoms with Gasteiger partial charge in [-0.1, -0.05) is 6.42 Å². The van der Waals surface area contributed by atoms with Crippen LogP contribution in [0.25, 0.3) is 0 Å². The Morgan fingerprint density at radius 3 is 3.00 bits per heavy atom. The molecule has 3 unspecified atom stereocenters. The predicted molar refractivity (Wildman–Crippen MR) is 74.2 cm³/mol. The minimum absolute atomic E-state index is 0.519. The Labute approximate surface area is 115 Å². The highest BCUT2D eigenvalue weighted by Crippen LogP contribution is 2.48. The van der Waals surface area contributed by atoms with Gasteiger partial charge in [-0.25, -0.2) is 4.98 Å². The van der Waals surface area contributed by atoms with Gasteiger partial charge < -0.3 is 4.90 Å². The van der Waals surface area contributed by atoms with Crippen LogP contribution in [-0.2, 0) is 6.54 Å². The van der Waals surface area contributed by atoms with E-state index in [0.29, 0.717) is 5.69 Å². The fraction of sp³-hybridized carbons (Fsp3) is 0.625. The molecular weight excluding hydrogens is 234 g/mol. The SMILES string of the molecule is CN(Cc1ccnc(C#N)c1)CC1CC2CCC1C2. The number of fused-ring (bicyclic) bond motifs is 2. The first-order chi connectivity index (χ1) is 9.24. The van der Waals surface area contributed by atoms with Crippen LogP contribution in [0.15, 0.2) is 18.3 Å². The zero-order valence-corrected chi connectivity index (χ0v) is 11.5. The third kappa shape index (κ3) is 2.79. The molecule has 0 amide bonds. The van der Waals surface area contributed by atoms with Gasteiger partial charge in [-0.15, -0.1) is 0 Å². The lowest BCUT2D eigenvalue weighted by Crippen LogP contribution is -2.28. The van der Waals surface area contributed by atoms with Gasteiger partial charge in [-0.3, -0.25) is 0 Å². The van der Waals surface area contributed by atoms with E-state index in [1.54, 1.807) is 6.20 Å². The molecule has 0 radical (unpaired) electrons. The molecule has 0 N–H and O–H groups in total. The third-order valence-electron chi connectivity index (χ3n) is 4.82. The normalized spacial score (nSPS) is 28.8. The summed E-state index contributed by atoms with van der Waals surface area (Å²) in [5.41, 5.74) is 1.71. The van der Waals surface area contributed by atoms with E-state index in [1.165, 1.54) is 37.8 Å². The number of nitriles is 1. The lowest BCUT2D eigenvalue weighted by Gasteiger charge is -2.27. The Bertz CT molecular complexity index is 491. The van der Waals surface area contributed by atoms with Crippen molar-refractivity contribution in [3.63, 3.8) is 0 Å². The molecule has 0 saturated heterocycles. The van der Waals surface area contributed by atoms with E-state index < -0.39 is 0 Å². The van der Waals surface area contributed by atoms with E-state index in [9.17, 15) is 0 Å². The average Bonchev–Trinajstić information content (AvgIpc) is 3.01. The monoisotopic (exact) mass is 255 g/mol. The minimum atomic E-state index is 0.519. The largest absolute Gasteiger partial charge is 0.302 e. The van der Waals surface area contributed by atoms with Crippen LogP contribution in [0.4, 0.5) is 0 Å². The predicted octanol–water partition coefficient (Wildman–Crippen LogP) is 2.82. The van der Waals surface area contributed by atoms with Crippen LogP contribution in [0, 0.1) is 29.1 Å². The van der Waals surface area contributed by atoms with Gasteiger partial charge in [0.1, 0.15) is 11.8 Å². The van der Waals surface area contributed by atoms with E-state index in [2.05, 4.69) is 23.0 Å². The topological polar surface area (TPSA) is 39.9 Å². The molecule has 0 aromatic carbocycles. The van der Waals surface area contributed by atoms with E-state index in [4.69, 9.17) is 5.26 Å². The number of rotatable bonds is 4. The van der Waals surface area contributed by atoms with Crippen molar-refractivity contribution >= 4 is 0 Å². The van der Waals surface area contributed by atoms with Crippen molar-refractivity contribution in [2.75, 3.05) is 13.6 Å². The second-order valence-electron chi connectivity index (χ2n) is 6.29. The second kappa shape index (κ2) is 5.30. The Kier molecular flexibility index (Phi) is 3.52. The smallest absolute Gasteiger partial charge is 0.140 e. The van der Waals surface area contributed by atoms with Crippen LogP contribution < -0.4 is 0 Å². The summed E-state index contributed by atoms with van der Waals surface area (Å²) in [5.74, 6) is 2.91. The number of hydrogen-bond donors (Lipinski definition) is 0. The first kappa shape index (κ1) is 12.6. The molecule has 0 aliphatic heterocycles. The van der Waals surface area contributed by atoms with E-state index >= 15 is 0 Å². The second-order valence-corrected chi connectivity index (χ2v) is 6.29. The molecule has 2 aliphatic rings. The molecule has 1 aromatic heterocycles. The fourth-order valence-electron chi connectivity index (χ4n) is 4.01. The molecule has 3 nitrogen and oxygen atoms in total. The molecule has 19 heavy (non-hydrogen) atoms. The molecule has 3 heteroatoms. The Morgan fingerprint density at radius 1 is 1.42 bits per heavy atom. The summed E-state index contributed by atoms with van der Waals surface area (Å²) in [7, 11) is 2.19. The van der Waals surface area contributed by atoms with Crippen molar-refractivity contribution in [1.82, 2.24) is 9.88 Å². The van der Waals surface area contributed by atoms with Gasteiger partial charge in [-0.05, 0) is 61.8 Å². The van der Waals surface area contributed by atoms with Gasteiger partial charge in [0.05, 0.1) is 0 Å². The number of pyridine rings is 1. The van der Waals surface area contributed by atoms with E-state index in [1.807, 2.05) is 12.1 Å². The van der Waals surface area contributed by atoms with Crippen LogP contribution in [0.2, 0.25) is 0 Å². The van der Waals surface area contributed by atoms with Crippen LogP contribution in [-0.4, -0.2) is 23.5 Å². The van der Waals surface area contributed by atoms with Crippen molar-refractivity contribution in [2.24, 2.45) is 17.8 Å². The van der Waals surface area contributed by atoms with Crippen molar-refractivity contribution < 1.29 is 0 Å². The lowest BCUT2D eigenvalue weighted by atomic mass is 9.88. The first-order valence-electron chi connectivity index (χ1n) is 7.28. The molecule has 2 bridgehead atoms. The molecule has 3 rings (SSSR count). The quantitative estimate of drug-likeness (QED) is 0.830. The Morgan fingerprint density at radius 2 is 2.32 bits per heavy atom. The van der Waals surface area contributed by atoms with Crippen LogP contribution in [0.5, 0.6) is 0 Å². The van der Waals surface area contributed by atoms with Gasteiger partial charge in [0.15, 0.2) is 0 Å². The summed E-state index contributed by atoms with van der Waals surface area (Å²) in [6.45, 7) is 2.12. The van der Waals surface area contributed by atoms with Crippen LogP contribution >= 0.6 is 0 Å². The minimum Gasteiger partial charge on any atom is -0.302 e. The van der Waals surface area contributed by atoms with E-state index in [0.717, 1.165) is 24.3 Å². The molecule has 0 spiro atoms. The standard InChI is InChI=1S/C16H21N3/c1-19(10-13-4-5-18-16(8-13)9-17)11-15-7-12-2-3-14(15)6-12/h4-5,8,12,14-15H,2-3,6-7,10-11H2,1H3. The zero-order valence-electron chi connectivity index (χ0n) is 11.5. The Balaban J connectivity index is 1.56. The number of nitrogens with zero attached hydrogens (tertiary/aromatic N) is 3. The van der Waals surface area contributed by atoms with Crippen LogP contribution in [0.3, 0.4) is 0 Å². The lowest BCUT2D eigenvalue weighted by molar-refractivity contribution is 0.214. The summed E-state index contributed by atoms with van der Waals surface area (Å²) in [4.78, 5) is 6.42. The van der Waals surface area contributed by atoms with Gasteiger partial charge >= 0.3 is 0 Å². The van der Waals surface area contributed by atoms with Gasteiger partial charge in [0, 0.05) is 19.3 Å². The summed E-state index contributed by atoms with van der Waals surface area (Å²) in [5, 5.41) is 8.87. The highest BCUT2D eigenvalue weighted by atomic mass is 15.1. The highest BCUT2D eigenvalue weighted by molar-refractivity contribution is 5.25. The summed E-state index contributed by atoms with van der Waals surface area (Å²) < 4.78 is 0. The van der Waals surface area contributed by atoms with E-state index in [-0.39, 0.29) is 0 Å². The third-order valence-corrected chi connectivity index (χ3v) is 4.82. The highest BCUT2D eigenvalue weighted by Gasteiger charge is 2.39. The summed E-state index contributed by atoms with van der Waals surface area (Å²) >= 11 is 0. The maximum Gasteiger partial charge on any atom is 0.140 e. The number of hydrogen-bond acceptors (Lipinski definition) is 3. The van der Waals surface area contributed by atoms with Crippen LogP contribution in [0.1, 0.15) is 36.9 Å². The Hall–Kier alpha value is -1.40. The molecule has 1 heterocycles. The van der Waals surface area contributed by atoms with Crippen molar-refractivity contribution in [3.8, 4) is 6.07 Å². The molecule has 1 aromatic rings. The molecule has 100 valence electrons. The number of aromatic nitrogens is 1. The molecule has 2 fully saturated rings. The van der Waals surface area contributed by atoms with Gasteiger partial charge in [-0.2, -0.15) is 5.26 Å². The van der Waals surface area contributed by atoms with Crippen molar-refractivity contribution in [1.29, 1.82) is 5.26 Å². The van der Waals surface area contributed by atoms with Crippen molar-refractivity contribution in [2.45, 2.75) is 32.2 Å². The summed E-state index contributed by atoms with van der Waals surface area (Å²) in [6, 6.07) is 6.02. The van der Waals surface area contributed by atoms with Gasteiger partial charge in [0.2, 0.25) is 0 Å². The molecule has 2 saturated carbocycles. The zero-order chi connectivity index (χ0) is 13.2. The average molecular weight is 255 g/mol. The molecule has 3 atom stereocenters. The van der Waals surface area contributed by atoms with Gasteiger partial charge in [0.25, 0.3) is 0 Å². The maximum atomic E-state index is 8.87. The maximum absolute atomic E-state index is 8.87. The molecular formula is C16H21N3.